The summed E-state index contributed by atoms with van der Waals surface area (Å²) in [6.45, 7) is 2.43. The van der Waals surface area contributed by atoms with E-state index in [1.54, 1.807) is 0 Å². The molecular formula is C8H16N2. The van der Waals surface area contributed by atoms with Crippen LogP contribution in [0.25, 0.3) is 0 Å². The van der Waals surface area contributed by atoms with Gasteiger partial charge in [0.1, 0.15) is 0 Å². The molecule has 2 rings (SSSR count). The maximum absolute atomic E-state index is 3.58. The summed E-state index contributed by atoms with van der Waals surface area (Å²) < 4.78 is 0. The van der Waals surface area contributed by atoms with Gasteiger partial charge in [-0.2, -0.15) is 0 Å². The molecule has 0 bridgehead atoms. The third-order valence-corrected chi connectivity index (χ3v) is 2.68. The van der Waals surface area contributed by atoms with Crippen LogP contribution in [0, 0.1) is 0 Å². The lowest BCUT2D eigenvalue weighted by atomic mass is 10.2. The molecule has 58 valence electrons. The highest BCUT2D eigenvalue weighted by molar-refractivity contribution is 4.90. The molecule has 0 aromatic carbocycles. The van der Waals surface area contributed by atoms with E-state index in [0.717, 1.165) is 12.1 Å². The van der Waals surface area contributed by atoms with Crippen LogP contribution < -0.4 is 10.6 Å². The standard InChI is InChI=1S/C8H16N2/c1-3-7-8(4-1)10-6-2-5-9-7/h7-10H,1-6H2/t7-,8-/m0/s1. The van der Waals surface area contributed by atoms with Crippen molar-refractivity contribution in [3.05, 3.63) is 0 Å². The van der Waals surface area contributed by atoms with Gasteiger partial charge in [0.15, 0.2) is 0 Å². The molecule has 1 aliphatic carbocycles. The van der Waals surface area contributed by atoms with E-state index < -0.39 is 0 Å². The van der Waals surface area contributed by atoms with Crippen molar-refractivity contribution in [1.29, 1.82) is 0 Å². The van der Waals surface area contributed by atoms with Crippen molar-refractivity contribution in [3.63, 3.8) is 0 Å². The molecule has 1 saturated heterocycles. The lowest BCUT2D eigenvalue weighted by Gasteiger charge is -2.17. The van der Waals surface area contributed by atoms with Gasteiger partial charge in [-0.1, -0.05) is 6.42 Å². The summed E-state index contributed by atoms with van der Waals surface area (Å²) in [4.78, 5) is 0. The van der Waals surface area contributed by atoms with Gasteiger partial charge in [-0.3, -0.25) is 0 Å². The Kier molecular flexibility index (Phi) is 1.91. The largest absolute Gasteiger partial charge is 0.312 e. The van der Waals surface area contributed by atoms with E-state index in [1.807, 2.05) is 0 Å². The average Bonchev–Trinajstić information content (AvgIpc) is 2.28. The molecule has 10 heavy (non-hydrogen) atoms. The van der Waals surface area contributed by atoms with Crippen molar-refractivity contribution >= 4 is 0 Å². The average molecular weight is 140 g/mol. The maximum Gasteiger partial charge on any atom is 0.0221 e. The second-order valence-electron chi connectivity index (χ2n) is 3.41. The Morgan fingerprint density at radius 3 is 2.00 bits per heavy atom. The molecule has 2 fully saturated rings. The molecule has 2 N–H and O–H groups in total. The number of fused-ring (bicyclic) bond motifs is 1. The van der Waals surface area contributed by atoms with Crippen LogP contribution in [0.2, 0.25) is 0 Å². The molecule has 0 radical (unpaired) electrons. The minimum absolute atomic E-state index is 0.794. The molecule has 0 aromatic rings. The fraction of sp³-hybridized carbons (Fsp3) is 1.00. The van der Waals surface area contributed by atoms with E-state index in [0.29, 0.717) is 0 Å². The van der Waals surface area contributed by atoms with Gasteiger partial charge in [0.05, 0.1) is 0 Å². The van der Waals surface area contributed by atoms with Crippen molar-refractivity contribution in [3.8, 4) is 0 Å². The minimum atomic E-state index is 0.794. The Morgan fingerprint density at radius 1 is 0.800 bits per heavy atom. The Morgan fingerprint density at radius 2 is 1.40 bits per heavy atom. The first kappa shape index (κ1) is 6.62. The SMILES string of the molecule is C1CN[C@H]2CCC[C@@H]2NC1. The molecule has 0 aromatic heterocycles. The van der Waals surface area contributed by atoms with Crippen molar-refractivity contribution in [2.45, 2.75) is 37.8 Å². The maximum atomic E-state index is 3.58. The van der Waals surface area contributed by atoms with Crippen molar-refractivity contribution in [1.82, 2.24) is 10.6 Å². The van der Waals surface area contributed by atoms with Crippen molar-refractivity contribution in [2.24, 2.45) is 0 Å². The molecule has 2 atom stereocenters. The molecule has 1 saturated carbocycles. The zero-order chi connectivity index (χ0) is 6.81. The zero-order valence-electron chi connectivity index (χ0n) is 6.40. The van der Waals surface area contributed by atoms with Gasteiger partial charge in [-0.25, -0.2) is 0 Å². The fourth-order valence-corrected chi connectivity index (χ4v) is 2.11. The van der Waals surface area contributed by atoms with Crippen molar-refractivity contribution < 1.29 is 0 Å². The monoisotopic (exact) mass is 140 g/mol. The lowest BCUT2D eigenvalue weighted by Crippen LogP contribution is -2.40. The van der Waals surface area contributed by atoms with Crippen LogP contribution in [-0.2, 0) is 0 Å². The highest BCUT2D eigenvalue weighted by atomic mass is 15.1. The summed E-state index contributed by atoms with van der Waals surface area (Å²) in [7, 11) is 0. The van der Waals surface area contributed by atoms with Crippen LogP contribution in [0.3, 0.4) is 0 Å². The van der Waals surface area contributed by atoms with Gasteiger partial charge in [-0.15, -0.1) is 0 Å². The first-order chi connectivity index (χ1) is 4.97. The number of nitrogens with one attached hydrogen (secondary N) is 2. The molecule has 2 aliphatic rings. The van der Waals surface area contributed by atoms with Crippen LogP contribution in [0.4, 0.5) is 0 Å². The predicted octanol–water partition coefficient (Wildman–Crippen LogP) is 0.490. The Labute approximate surface area is 62.4 Å². The van der Waals surface area contributed by atoms with E-state index >= 15 is 0 Å². The number of hydrogen-bond acceptors (Lipinski definition) is 2. The summed E-state index contributed by atoms with van der Waals surface area (Å²) in [6.07, 6.45) is 5.48. The van der Waals surface area contributed by atoms with Crippen molar-refractivity contribution in [2.75, 3.05) is 13.1 Å². The first-order valence-corrected chi connectivity index (χ1v) is 4.43. The predicted molar refractivity (Wildman–Crippen MR) is 42.0 cm³/mol. The fourth-order valence-electron chi connectivity index (χ4n) is 2.11. The van der Waals surface area contributed by atoms with Crippen LogP contribution in [0.15, 0.2) is 0 Å². The van der Waals surface area contributed by atoms with Gasteiger partial charge in [0, 0.05) is 12.1 Å². The minimum Gasteiger partial charge on any atom is -0.312 e. The summed E-state index contributed by atoms with van der Waals surface area (Å²) in [5.41, 5.74) is 0. The topological polar surface area (TPSA) is 24.1 Å². The van der Waals surface area contributed by atoms with Crippen LogP contribution in [-0.4, -0.2) is 25.2 Å². The van der Waals surface area contributed by atoms with Crippen LogP contribution in [0.1, 0.15) is 25.7 Å². The van der Waals surface area contributed by atoms with E-state index in [-0.39, 0.29) is 0 Å². The Hall–Kier alpha value is -0.0800. The smallest absolute Gasteiger partial charge is 0.0221 e. The lowest BCUT2D eigenvalue weighted by molar-refractivity contribution is 0.460. The summed E-state index contributed by atoms with van der Waals surface area (Å²) >= 11 is 0. The molecule has 1 heterocycles. The Bertz CT molecular complexity index is 102. The zero-order valence-corrected chi connectivity index (χ0v) is 6.40. The van der Waals surface area contributed by atoms with Gasteiger partial charge >= 0.3 is 0 Å². The molecule has 1 aliphatic heterocycles. The molecule has 2 nitrogen and oxygen atoms in total. The molecule has 0 spiro atoms. The number of rotatable bonds is 0. The van der Waals surface area contributed by atoms with Crippen LogP contribution in [0.5, 0.6) is 0 Å². The summed E-state index contributed by atoms with van der Waals surface area (Å²) in [5, 5.41) is 7.16. The van der Waals surface area contributed by atoms with Crippen LogP contribution >= 0.6 is 0 Å². The molecule has 2 heteroatoms. The molecular weight excluding hydrogens is 124 g/mol. The van der Waals surface area contributed by atoms with Gasteiger partial charge < -0.3 is 10.6 Å². The van der Waals surface area contributed by atoms with E-state index in [2.05, 4.69) is 10.6 Å². The van der Waals surface area contributed by atoms with Gasteiger partial charge in [0.2, 0.25) is 0 Å². The molecule has 0 unspecified atom stereocenters. The van der Waals surface area contributed by atoms with Gasteiger partial charge in [0.25, 0.3) is 0 Å². The third kappa shape index (κ3) is 1.18. The second-order valence-corrected chi connectivity index (χ2v) is 3.41. The normalized spacial score (nSPS) is 40.8. The first-order valence-electron chi connectivity index (χ1n) is 4.43. The third-order valence-electron chi connectivity index (χ3n) is 2.68. The Balaban J connectivity index is 1.95. The van der Waals surface area contributed by atoms with E-state index in [1.165, 1.54) is 38.8 Å². The molecule has 0 amide bonds. The van der Waals surface area contributed by atoms with Gasteiger partial charge in [-0.05, 0) is 32.4 Å². The van der Waals surface area contributed by atoms with E-state index in [9.17, 15) is 0 Å². The summed E-state index contributed by atoms with van der Waals surface area (Å²) in [5.74, 6) is 0. The quantitative estimate of drug-likeness (QED) is 0.511. The number of hydrogen-bond donors (Lipinski definition) is 2. The second kappa shape index (κ2) is 2.89. The highest BCUT2D eigenvalue weighted by Gasteiger charge is 2.27. The van der Waals surface area contributed by atoms with E-state index in [4.69, 9.17) is 0 Å². The highest BCUT2D eigenvalue weighted by Crippen LogP contribution is 2.19. The summed E-state index contributed by atoms with van der Waals surface area (Å²) in [6, 6.07) is 1.59.